The number of aliphatic hydroxyl groups excluding tert-OH is 3. The Labute approximate surface area is 616 Å². The van der Waals surface area contributed by atoms with Gasteiger partial charge in [0.05, 0.1) is 51.7 Å². The largest absolute Gasteiger partial charge is 0.481 e. The van der Waals surface area contributed by atoms with Crippen LogP contribution in [0.2, 0.25) is 0 Å². The van der Waals surface area contributed by atoms with E-state index < -0.39 is 261 Å². The Bertz CT molecular complexity index is 3250. The van der Waals surface area contributed by atoms with Crippen molar-refractivity contribution in [2.45, 2.75) is 210 Å². The Morgan fingerprint density at radius 2 is 0.888 bits per heavy atom. The standard InChI is InChI=1S/C66H105N17O24/c1-7-33(5)52(83-65(105)53(34(6)8-2)82-61(101)42(26-48(69)88)78-62(102)45(30-85)72-49(89)28-71-54(94)44(29-84)80-55(95)36-18-14-22-70-36)64(104)81-46(31-86)63(103)77-41(25-47(68)87)60(100)75-39(23-32(3)4)58(98)76-40(24-35-15-10-9-11-16-35)59(99)73-37(17-12-13-21-67)56(96)74-38(19-20-50(90)91)57(97)79-43(66(106)107)27-51(92)93/h9-11,15-16,32-34,36-46,52-53,70,84-86H,7-8,12-14,17-31,67H2,1-6H3,(H2,68,87)(H2,69,88)(H,71,94)(H,72,89)(H,73,99)(H,74,96)(H,75,100)(H,76,98)(H,77,103)(H,78,102)(H,79,97)(H,80,95)(H,81,104)(H,82,101)(H,83,105)(H,90,91)(H,92,93)(H,106,107)/t33-,34-,36-,37-,38-,39-,40-,41-,42-,43-,44-,45-,46-,52-,53-/m0/s1. The van der Waals surface area contributed by atoms with Crippen molar-refractivity contribution in [1.29, 1.82) is 0 Å². The molecule has 0 aromatic heterocycles. The zero-order valence-electron chi connectivity index (χ0n) is 60.5. The number of primary amides is 2. The molecule has 1 saturated heterocycles. The number of nitrogens with one attached hydrogen (secondary N) is 14. The molecule has 1 aliphatic heterocycles. The van der Waals surface area contributed by atoms with Crippen molar-refractivity contribution in [3.63, 3.8) is 0 Å². The van der Waals surface area contributed by atoms with Gasteiger partial charge in [0, 0.05) is 12.8 Å². The van der Waals surface area contributed by atoms with E-state index in [9.17, 15) is 117 Å². The molecule has 41 nitrogen and oxygen atoms in total. The highest BCUT2D eigenvalue weighted by Gasteiger charge is 2.40. The van der Waals surface area contributed by atoms with Crippen LogP contribution >= 0.6 is 0 Å². The summed E-state index contributed by atoms with van der Waals surface area (Å²) in [5, 5.41) is 91.7. The minimum absolute atomic E-state index is 0.117. The fourth-order valence-corrected chi connectivity index (χ4v) is 10.6. The van der Waals surface area contributed by atoms with E-state index in [0.29, 0.717) is 31.4 Å². The number of nitrogens with two attached hydrogens (primary N) is 3. The van der Waals surface area contributed by atoms with Gasteiger partial charge in [-0.15, -0.1) is 0 Å². The van der Waals surface area contributed by atoms with E-state index in [2.05, 4.69) is 69.1 Å². The van der Waals surface area contributed by atoms with Crippen molar-refractivity contribution in [3.05, 3.63) is 35.9 Å². The van der Waals surface area contributed by atoms with E-state index in [4.69, 9.17) is 17.2 Å². The van der Waals surface area contributed by atoms with Gasteiger partial charge in [0.2, 0.25) is 88.6 Å². The first-order valence-electron chi connectivity index (χ1n) is 34.9. The van der Waals surface area contributed by atoms with E-state index in [-0.39, 0.29) is 45.1 Å². The molecule has 598 valence electrons. The lowest BCUT2D eigenvalue weighted by Gasteiger charge is -2.31. The fourth-order valence-electron chi connectivity index (χ4n) is 10.6. The van der Waals surface area contributed by atoms with Crippen molar-refractivity contribution in [2.75, 3.05) is 39.5 Å². The number of carboxylic acids is 3. The molecule has 1 aromatic rings. The van der Waals surface area contributed by atoms with E-state index in [1.807, 2.05) is 5.32 Å². The highest BCUT2D eigenvalue weighted by Crippen LogP contribution is 2.16. The zero-order valence-corrected chi connectivity index (χ0v) is 60.5. The summed E-state index contributed by atoms with van der Waals surface area (Å²) in [5.41, 5.74) is 17.1. The third kappa shape index (κ3) is 33.6. The lowest BCUT2D eigenvalue weighted by Crippen LogP contribution is -2.63. The molecule has 1 aliphatic rings. The van der Waals surface area contributed by atoms with Gasteiger partial charge in [0.1, 0.15) is 72.5 Å². The van der Waals surface area contributed by atoms with Gasteiger partial charge in [-0.3, -0.25) is 81.5 Å². The fraction of sp³-hybridized carbons (Fsp3) is 0.636. The summed E-state index contributed by atoms with van der Waals surface area (Å²) in [7, 11) is 0. The number of aliphatic carboxylic acids is 3. The topological polar surface area (TPSA) is 675 Å². The second-order valence-corrected chi connectivity index (χ2v) is 26.1. The lowest BCUT2D eigenvalue weighted by atomic mass is 9.94. The number of carbonyl (C=O) groups is 18. The summed E-state index contributed by atoms with van der Waals surface area (Å²) in [6.45, 7) is 6.28. The van der Waals surface area contributed by atoms with Crippen molar-refractivity contribution in [2.24, 2.45) is 35.0 Å². The molecule has 0 radical (unpaired) electrons. The Kier molecular flexibility index (Phi) is 41.4. The number of unbranched alkanes of at least 4 members (excludes halogenated alkanes) is 1. The zero-order chi connectivity index (χ0) is 80.8. The van der Waals surface area contributed by atoms with Gasteiger partial charge in [-0.2, -0.15) is 0 Å². The van der Waals surface area contributed by atoms with Crippen LogP contribution in [0.3, 0.4) is 0 Å². The summed E-state index contributed by atoms with van der Waals surface area (Å²) in [4.78, 5) is 239. The lowest BCUT2D eigenvalue weighted by molar-refractivity contribution is -0.147. The molecule has 15 amide bonds. The van der Waals surface area contributed by atoms with Crippen LogP contribution in [0, 0.1) is 17.8 Å². The molecule has 1 heterocycles. The molecule has 15 atom stereocenters. The minimum atomic E-state index is -2.00. The van der Waals surface area contributed by atoms with Crippen LogP contribution in [0.25, 0.3) is 0 Å². The third-order valence-electron chi connectivity index (χ3n) is 17.0. The highest BCUT2D eigenvalue weighted by molar-refractivity contribution is 6.01. The van der Waals surface area contributed by atoms with E-state index in [1.54, 1.807) is 58.0 Å². The normalized spacial score (nSPS) is 16.4. The van der Waals surface area contributed by atoms with Gasteiger partial charge >= 0.3 is 17.9 Å². The van der Waals surface area contributed by atoms with Gasteiger partial charge in [-0.05, 0) is 81.4 Å². The number of carbonyl (C=O) groups excluding carboxylic acids is 15. The van der Waals surface area contributed by atoms with Crippen LogP contribution in [-0.2, 0) is 92.7 Å². The number of carboxylic acid groups (broad SMARTS) is 3. The van der Waals surface area contributed by atoms with Gasteiger partial charge in [0.25, 0.3) is 0 Å². The smallest absolute Gasteiger partial charge is 0.326 e. The van der Waals surface area contributed by atoms with Gasteiger partial charge in [-0.25, -0.2) is 4.79 Å². The quantitative estimate of drug-likeness (QED) is 0.0269. The SMILES string of the molecule is CC[C@H](C)[C@H](NC(=O)[C@H](CC(N)=O)NC(=O)[C@H](CO)NC(=O)CNC(=O)[C@H](CO)NC(=O)[C@@H]1CCCN1)C(=O)N[C@H](C(=O)N[C@@H](CO)C(=O)N[C@@H](CC(N)=O)C(=O)N[C@@H](CC(C)C)C(=O)N[C@@H](Cc1ccccc1)C(=O)N[C@@H](CCCCN)C(=O)N[C@@H](CCC(=O)O)C(=O)N[C@@H](CC(=O)O)C(=O)O)[C@@H](C)CC. The molecule has 1 fully saturated rings. The van der Waals surface area contributed by atoms with E-state index >= 15 is 0 Å². The second-order valence-electron chi connectivity index (χ2n) is 26.1. The van der Waals surface area contributed by atoms with Gasteiger partial charge in [0.15, 0.2) is 0 Å². The van der Waals surface area contributed by atoms with Gasteiger partial charge in [-0.1, -0.05) is 84.7 Å². The summed E-state index contributed by atoms with van der Waals surface area (Å²) in [5.74, 6) is -23.3. The molecule has 41 heteroatoms. The maximum atomic E-state index is 14.5. The number of hydrogen-bond donors (Lipinski definition) is 23. The monoisotopic (exact) mass is 1520 g/mol. The van der Waals surface area contributed by atoms with Crippen molar-refractivity contribution >= 4 is 107 Å². The highest BCUT2D eigenvalue weighted by atomic mass is 16.4. The number of rotatable bonds is 51. The van der Waals surface area contributed by atoms with Crippen LogP contribution in [0.5, 0.6) is 0 Å². The first-order valence-corrected chi connectivity index (χ1v) is 34.9. The summed E-state index contributed by atoms with van der Waals surface area (Å²) < 4.78 is 0. The van der Waals surface area contributed by atoms with Crippen LogP contribution in [0.4, 0.5) is 0 Å². The Morgan fingerprint density at radius 1 is 0.467 bits per heavy atom. The predicted molar refractivity (Wildman–Crippen MR) is 374 cm³/mol. The van der Waals surface area contributed by atoms with Crippen molar-refractivity contribution in [3.8, 4) is 0 Å². The van der Waals surface area contributed by atoms with E-state index in [1.165, 1.54) is 13.8 Å². The predicted octanol–water partition coefficient (Wildman–Crippen LogP) is -8.67. The van der Waals surface area contributed by atoms with Gasteiger partial charge < -0.3 is 122 Å². The third-order valence-corrected chi connectivity index (χ3v) is 17.0. The molecule has 2 rings (SSSR count). The summed E-state index contributed by atoms with van der Waals surface area (Å²) >= 11 is 0. The van der Waals surface area contributed by atoms with Crippen LogP contribution in [0.15, 0.2) is 30.3 Å². The van der Waals surface area contributed by atoms with Crippen LogP contribution in [0.1, 0.15) is 131 Å². The van der Waals surface area contributed by atoms with Crippen LogP contribution < -0.4 is 91.6 Å². The molecule has 1 aromatic carbocycles. The molecule has 0 unspecified atom stereocenters. The Hall–Kier alpha value is -10.5. The average Bonchev–Trinajstić information content (AvgIpc) is 0.975. The molecule has 0 aliphatic carbocycles. The molecule has 26 N–H and O–H groups in total. The first-order chi connectivity index (χ1) is 50.4. The molecule has 0 spiro atoms. The molecular weight excluding hydrogens is 1410 g/mol. The number of amides is 15. The first kappa shape index (κ1) is 92.6. The molecule has 0 saturated carbocycles. The Morgan fingerprint density at radius 3 is 1.36 bits per heavy atom. The minimum Gasteiger partial charge on any atom is -0.481 e. The molecule has 107 heavy (non-hydrogen) atoms. The average molecular weight is 1520 g/mol. The number of benzene rings is 1. The molecular formula is C66H105N17O24. The second kappa shape index (κ2) is 47.8. The maximum Gasteiger partial charge on any atom is 0.326 e. The van der Waals surface area contributed by atoms with Crippen molar-refractivity contribution < 1.29 is 117 Å². The number of aliphatic hydroxyl groups is 3. The number of hydrogen-bond acceptors (Lipinski definition) is 23. The van der Waals surface area contributed by atoms with Crippen molar-refractivity contribution in [1.82, 2.24) is 74.4 Å². The van der Waals surface area contributed by atoms with E-state index in [0.717, 1.165) is 0 Å². The van der Waals surface area contributed by atoms with Crippen LogP contribution in [-0.4, -0.2) is 255 Å². The maximum absolute atomic E-state index is 14.5. The summed E-state index contributed by atoms with van der Waals surface area (Å²) in [6, 6.07) is -13.3. The summed E-state index contributed by atoms with van der Waals surface area (Å²) in [6.07, 6.45) is -3.01. The Balaban J connectivity index is 2.42. The molecule has 0 bridgehead atoms.